The summed E-state index contributed by atoms with van der Waals surface area (Å²) >= 11 is 0. The van der Waals surface area contributed by atoms with Crippen LogP contribution in [-0.2, 0) is 28.1 Å². The van der Waals surface area contributed by atoms with Gasteiger partial charge in [-0.25, -0.2) is 8.78 Å². The maximum atomic E-state index is 14.0. The van der Waals surface area contributed by atoms with Crippen molar-refractivity contribution in [1.82, 2.24) is 5.32 Å². The quantitative estimate of drug-likeness (QED) is 0.437. The largest absolute Gasteiger partial charge is 0.486 e. The van der Waals surface area contributed by atoms with Gasteiger partial charge in [-0.05, 0) is 54.2 Å². The molecule has 1 heterocycles. The van der Waals surface area contributed by atoms with Gasteiger partial charge in [0.2, 0.25) is 0 Å². The van der Waals surface area contributed by atoms with Gasteiger partial charge in [0.05, 0.1) is 5.54 Å². The minimum Gasteiger partial charge on any atom is -0.486 e. The third kappa shape index (κ3) is 6.07. The van der Waals surface area contributed by atoms with Gasteiger partial charge in [0.25, 0.3) is 5.91 Å². The Hall–Kier alpha value is -3.78. The van der Waals surface area contributed by atoms with Gasteiger partial charge in [0, 0.05) is 31.3 Å². The van der Waals surface area contributed by atoms with Gasteiger partial charge in [-0.1, -0.05) is 42.5 Å². The highest BCUT2D eigenvalue weighted by Crippen LogP contribution is 2.33. The minimum atomic E-state index is -0.972. The molecule has 36 heavy (non-hydrogen) atoms. The summed E-state index contributed by atoms with van der Waals surface area (Å²) in [7, 11) is 0. The first-order valence-electron chi connectivity index (χ1n) is 11.7. The Labute approximate surface area is 207 Å². The second kappa shape index (κ2) is 11.3. The van der Waals surface area contributed by atoms with Crippen LogP contribution in [0.15, 0.2) is 66.7 Å². The number of carboxylic acids is 1. The van der Waals surface area contributed by atoms with Crippen LogP contribution in [0.25, 0.3) is 0 Å². The number of hydrogen-bond donors (Lipinski definition) is 2. The molecule has 6 nitrogen and oxygen atoms in total. The van der Waals surface area contributed by atoms with E-state index in [1.54, 1.807) is 18.2 Å². The van der Waals surface area contributed by atoms with Crippen molar-refractivity contribution in [2.75, 3.05) is 13.2 Å². The second-order valence-corrected chi connectivity index (χ2v) is 8.76. The number of benzene rings is 3. The van der Waals surface area contributed by atoms with Crippen LogP contribution in [0.4, 0.5) is 8.78 Å². The summed E-state index contributed by atoms with van der Waals surface area (Å²) < 4.78 is 38.5. The number of carbonyl (C=O) groups is 2. The lowest BCUT2D eigenvalue weighted by atomic mass is 9.82. The highest BCUT2D eigenvalue weighted by Gasteiger charge is 2.36. The third-order valence-corrected chi connectivity index (χ3v) is 6.34. The van der Waals surface area contributed by atoms with E-state index in [1.165, 1.54) is 0 Å². The SMILES string of the molecule is O=C(O)CCc1ccc(COc2cc(F)ccc2F)cc1C(=O)NC1(c2ccccc2)CCOCC1. The molecule has 0 atom stereocenters. The summed E-state index contributed by atoms with van der Waals surface area (Å²) in [6.45, 7) is 0.889. The maximum absolute atomic E-state index is 14.0. The predicted octanol–water partition coefficient (Wildman–Crippen LogP) is 5.00. The molecular weight excluding hydrogens is 468 g/mol. The molecular formula is C28H27F2NO5. The van der Waals surface area contributed by atoms with E-state index in [2.05, 4.69) is 5.32 Å². The fourth-order valence-electron chi connectivity index (χ4n) is 4.38. The highest BCUT2D eigenvalue weighted by atomic mass is 19.1. The van der Waals surface area contributed by atoms with Crippen molar-refractivity contribution >= 4 is 11.9 Å². The number of halogens is 2. The Balaban J connectivity index is 1.61. The molecule has 1 amide bonds. The zero-order valence-electron chi connectivity index (χ0n) is 19.6. The smallest absolute Gasteiger partial charge is 0.303 e. The van der Waals surface area contributed by atoms with E-state index in [1.807, 2.05) is 30.3 Å². The second-order valence-electron chi connectivity index (χ2n) is 8.76. The first-order valence-corrected chi connectivity index (χ1v) is 11.7. The van der Waals surface area contributed by atoms with Crippen LogP contribution >= 0.6 is 0 Å². The van der Waals surface area contributed by atoms with Crippen LogP contribution in [-0.4, -0.2) is 30.2 Å². The topological polar surface area (TPSA) is 84.9 Å². The number of ether oxygens (including phenoxy) is 2. The molecule has 1 aliphatic rings. The molecule has 1 saturated heterocycles. The Morgan fingerprint density at radius 2 is 1.75 bits per heavy atom. The van der Waals surface area contributed by atoms with E-state index >= 15 is 0 Å². The van der Waals surface area contributed by atoms with E-state index in [0.29, 0.717) is 42.7 Å². The standard InChI is InChI=1S/C28H27F2NO5/c29-22-9-10-24(30)25(17-22)36-18-19-6-7-20(8-11-26(32)33)23(16-19)27(34)31-28(12-14-35-15-13-28)21-4-2-1-3-5-21/h1-7,9-10,16-17H,8,11-15,18H2,(H,31,34)(H,32,33). The van der Waals surface area contributed by atoms with Gasteiger partial charge in [0.15, 0.2) is 11.6 Å². The van der Waals surface area contributed by atoms with Gasteiger partial charge < -0.3 is 19.9 Å². The molecule has 2 N–H and O–H groups in total. The van der Waals surface area contributed by atoms with Gasteiger partial charge in [-0.3, -0.25) is 9.59 Å². The molecule has 188 valence electrons. The van der Waals surface area contributed by atoms with E-state index in [-0.39, 0.29) is 31.1 Å². The zero-order chi connectivity index (χ0) is 25.5. The van der Waals surface area contributed by atoms with Crippen molar-refractivity contribution in [2.45, 2.75) is 37.8 Å². The lowest BCUT2D eigenvalue weighted by Crippen LogP contribution is -2.49. The van der Waals surface area contributed by atoms with Gasteiger partial charge in [0.1, 0.15) is 12.4 Å². The van der Waals surface area contributed by atoms with Crippen molar-refractivity contribution in [3.8, 4) is 5.75 Å². The predicted molar refractivity (Wildman–Crippen MR) is 129 cm³/mol. The molecule has 0 aliphatic carbocycles. The number of aryl methyl sites for hydroxylation is 1. The molecule has 1 fully saturated rings. The average Bonchev–Trinajstić information content (AvgIpc) is 2.89. The fraction of sp³-hybridized carbons (Fsp3) is 0.286. The molecule has 1 aliphatic heterocycles. The fourth-order valence-corrected chi connectivity index (χ4v) is 4.38. The zero-order valence-corrected chi connectivity index (χ0v) is 19.6. The number of carboxylic acid groups (broad SMARTS) is 1. The summed E-state index contributed by atoms with van der Waals surface area (Å²) in [5, 5.41) is 12.4. The number of carbonyl (C=O) groups excluding carboxylic acids is 1. The van der Waals surface area contributed by atoms with Crippen LogP contribution in [0.3, 0.4) is 0 Å². The average molecular weight is 496 g/mol. The van der Waals surface area contributed by atoms with Crippen molar-refractivity contribution in [3.63, 3.8) is 0 Å². The monoisotopic (exact) mass is 495 g/mol. The third-order valence-electron chi connectivity index (χ3n) is 6.34. The van der Waals surface area contributed by atoms with Crippen molar-refractivity contribution in [2.24, 2.45) is 0 Å². The van der Waals surface area contributed by atoms with E-state index in [9.17, 15) is 18.4 Å². The van der Waals surface area contributed by atoms with Crippen molar-refractivity contribution in [1.29, 1.82) is 0 Å². The number of aliphatic carboxylic acids is 1. The lowest BCUT2D eigenvalue weighted by Gasteiger charge is -2.38. The van der Waals surface area contributed by atoms with Crippen LogP contribution < -0.4 is 10.1 Å². The molecule has 3 aromatic carbocycles. The summed E-state index contributed by atoms with van der Waals surface area (Å²) in [4.78, 5) is 24.8. The van der Waals surface area contributed by atoms with E-state index < -0.39 is 23.1 Å². The molecule has 0 aromatic heterocycles. The van der Waals surface area contributed by atoms with Gasteiger partial charge in [-0.2, -0.15) is 0 Å². The Morgan fingerprint density at radius 1 is 1.00 bits per heavy atom. The van der Waals surface area contributed by atoms with Crippen LogP contribution in [0.5, 0.6) is 5.75 Å². The normalized spacial score (nSPS) is 14.7. The number of hydrogen-bond acceptors (Lipinski definition) is 4. The van der Waals surface area contributed by atoms with Crippen LogP contribution in [0.2, 0.25) is 0 Å². The summed E-state index contributed by atoms with van der Waals surface area (Å²) in [5.74, 6) is -2.88. The molecule has 0 unspecified atom stereocenters. The molecule has 8 heteroatoms. The first-order chi connectivity index (χ1) is 17.4. The maximum Gasteiger partial charge on any atom is 0.303 e. The van der Waals surface area contributed by atoms with Gasteiger partial charge >= 0.3 is 5.97 Å². The lowest BCUT2D eigenvalue weighted by molar-refractivity contribution is -0.136. The first kappa shape index (κ1) is 25.3. The van der Waals surface area contributed by atoms with Crippen LogP contribution in [0.1, 0.15) is 46.3 Å². The highest BCUT2D eigenvalue weighted by molar-refractivity contribution is 5.96. The molecule has 0 radical (unpaired) electrons. The van der Waals surface area contributed by atoms with Crippen LogP contribution in [0, 0.1) is 11.6 Å². The van der Waals surface area contributed by atoms with Crippen molar-refractivity contribution in [3.05, 3.63) is 101 Å². The number of nitrogens with one attached hydrogen (secondary N) is 1. The van der Waals surface area contributed by atoms with Gasteiger partial charge in [-0.15, -0.1) is 0 Å². The van der Waals surface area contributed by atoms with E-state index in [0.717, 1.165) is 23.8 Å². The molecule has 0 spiro atoms. The number of amides is 1. The Morgan fingerprint density at radius 3 is 2.47 bits per heavy atom. The molecule has 4 rings (SSSR count). The Kier molecular flexibility index (Phi) is 7.95. The van der Waals surface area contributed by atoms with Crippen molar-refractivity contribution < 1.29 is 33.0 Å². The van der Waals surface area contributed by atoms with E-state index in [4.69, 9.17) is 14.6 Å². The summed E-state index contributed by atoms with van der Waals surface area (Å²) in [6, 6.07) is 17.6. The molecule has 0 bridgehead atoms. The molecule has 0 saturated carbocycles. The molecule has 3 aromatic rings. The summed E-state index contributed by atoms with van der Waals surface area (Å²) in [6.07, 6.45) is 1.21. The minimum absolute atomic E-state index is 0.0997. The Bertz CT molecular complexity index is 1230. The number of rotatable bonds is 9. The summed E-state index contributed by atoms with van der Waals surface area (Å²) in [5.41, 5.74) is 1.79.